The van der Waals surface area contributed by atoms with Crippen LogP contribution in [0.1, 0.15) is 39.5 Å². The normalized spacial score (nSPS) is 26.4. The molecule has 3 atom stereocenters. The monoisotopic (exact) mass is 407 g/mol. The molecule has 3 unspecified atom stereocenters. The van der Waals surface area contributed by atoms with Crippen LogP contribution in [0.5, 0.6) is 0 Å². The van der Waals surface area contributed by atoms with Crippen molar-refractivity contribution in [1.82, 2.24) is 25.5 Å². The largest absolute Gasteiger partial charge is 0.432 e. The zero-order valence-electron chi connectivity index (χ0n) is 17.1. The molecule has 0 saturated carbocycles. The van der Waals surface area contributed by atoms with Crippen LogP contribution in [0.4, 0.5) is 4.79 Å². The number of unbranched alkanes of at least 4 members (excludes halogenated alkanes) is 1. The minimum Gasteiger partial charge on any atom is -0.355 e. The molecule has 2 saturated heterocycles. The molecule has 28 heavy (non-hydrogen) atoms. The molecule has 0 radical (unpaired) electrons. The third kappa shape index (κ3) is 5.41. The minimum absolute atomic E-state index is 0.00665. The third-order valence-electron chi connectivity index (χ3n) is 5.44. The maximum atomic E-state index is 12.5. The molecule has 10 nitrogen and oxygen atoms in total. The molecule has 0 aliphatic carbocycles. The Morgan fingerprint density at radius 1 is 1.04 bits per heavy atom. The summed E-state index contributed by atoms with van der Waals surface area (Å²) in [5.74, 6) is -1.01. The first kappa shape index (κ1) is 22.1. The number of rotatable bonds is 7. The van der Waals surface area contributed by atoms with Crippen LogP contribution in [-0.2, 0) is 19.2 Å². The highest BCUT2D eigenvalue weighted by Crippen LogP contribution is 2.18. The Morgan fingerprint density at radius 2 is 1.61 bits per heavy atom. The molecule has 10 heteroatoms. The fourth-order valence-electron chi connectivity index (χ4n) is 3.60. The fourth-order valence-corrected chi connectivity index (χ4v) is 3.60. The molecule has 4 amide bonds. The number of hydrogen-bond acceptors (Lipinski definition) is 7. The van der Waals surface area contributed by atoms with Crippen molar-refractivity contribution < 1.29 is 24.0 Å². The molecule has 0 aromatic carbocycles. The molecule has 158 valence electrons. The molecule has 2 fully saturated rings. The van der Waals surface area contributed by atoms with Crippen molar-refractivity contribution in [3.8, 4) is 0 Å². The number of likely N-dealkylation sites (N-methyl/N-ethyl adjacent to an activating group) is 2. The number of amides is 4. The van der Waals surface area contributed by atoms with Gasteiger partial charge in [-0.2, -0.15) is 0 Å². The quantitative estimate of drug-likeness (QED) is 0.258. The SMILES string of the molecule is CC1[13CH2]N([13CH3])C(C(=O)[15NH][13CH2][13CH2][13CH2][13CH2][15NH]C(=O)ON2C(=O)CCC2=O)C(C)[15N]1[13CH3]. The van der Waals surface area contributed by atoms with Crippen LogP contribution >= 0.6 is 0 Å². The summed E-state index contributed by atoms with van der Waals surface area (Å²) in [6.07, 6.45) is 0.613. The van der Waals surface area contributed by atoms with Crippen molar-refractivity contribution in [2.75, 3.05) is 33.7 Å². The lowest BCUT2D eigenvalue weighted by atomic mass is 10.1. The molecule has 2 aliphatic rings. The van der Waals surface area contributed by atoms with Gasteiger partial charge in [-0.3, -0.25) is 24.2 Å². The van der Waals surface area contributed by atoms with Crippen molar-refractivity contribution >= 4 is 23.8 Å². The zero-order chi connectivity index (χ0) is 20.8. The molecule has 0 bridgehead atoms. The van der Waals surface area contributed by atoms with E-state index in [1.54, 1.807) is 0 Å². The molecular weight excluding hydrogens is 376 g/mol. The number of nitrogens with one attached hydrogen (secondary N) is 2. The molecule has 2 N–H and O–H groups in total. The molecular formula is C18H31N5O5. The molecule has 0 spiro atoms. The smallest absolute Gasteiger partial charge is 0.355 e. The Balaban J connectivity index is 1.61. The summed E-state index contributed by atoms with van der Waals surface area (Å²) in [4.78, 5) is 55.9. The van der Waals surface area contributed by atoms with Gasteiger partial charge in [0, 0.05) is 44.6 Å². The average molecular weight is 407 g/mol. The first-order chi connectivity index (χ1) is 13.2. The predicted molar refractivity (Wildman–Crippen MR) is 101 cm³/mol. The van der Waals surface area contributed by atoms with E-state index in [0.29, 0.717) is 37.0 Å². The van der Waals surface area contributed by atoms with E-state index in [0.717, 1.165) is 6.54 Å². The number of carbonyl (C=O) groups is 4. The Hall–Kier alpha value is -2.20. The van der Waals surface area contributed by atoms with Crippen LogP contribution in [0.3, 0.4) is 0 Å². The average Bonchev–Trinajstić information content (AvgIpc) is 2.94. The van der Waals surface area contributed by atoms with Crippen LogP contribution < -0.4 is 10.6 Å². The van der Waals surface area contributed by atoms with Gasteiger partial charge in [0.25, 0.3) is 11.8 Å². The van der Waals surface area contributed by atoms with Gasteiger partial charge in [-0.15, -0.1) is 5.06 Å². The highest BCUT2D eigenvalue weighted by atomic mass is 16.7. The Morgan fingerprint density at radius 3 is 2.21 bits per heavy atom. The van der Waals surface area contributed by atoms with Gasteiger partial charge in [0.2, 0.25) is 5.91 Å². The number of imide groups is 1. The number of hydroxylamine groups is 2. The maximum Gasteiger partial charge on any atom is 0.432 e. The second kappa shape index (κ2) is 9.83. The number of carbonyl (C=O) groups excluding carboxylic acids is 4. The second-order valence-electron chi connectivity index (χ2n) is 7.53. The standard InChI is InChI=1S/C18H31N5O5/c1-12-11-21(3)16(13(2)22(12)4)17(26)19-9-5-6-10-20-18(27)28-23-14(24)7-8-15(23)25/h12-13,16H,5-11H2,1-4H3,(H,19,26)(H,20,27)/i3+1,4+1,5+1,6+1,9+1,10+1,11+1,19+1,20+1,22+1. The van der Waals surface area contributed by atoms with Crippen molar-refractivity contribution in [3.05, 3.63) is 0 Å². The topological polar surface area (TPSA) is 111 Å². The van der Waals surface area contributed by atoms with Gasteiger partial charge in [0.05, 0.1) is 0 Å². The fraction of sp³-hybridized carbons (Fsp3) is 0.778. The van der Waals surface area contributed by atoms with Gasteiger partial charge < -0.3 is 15.5 Å². The lowest BCUT2D eigenvalue weighted by Gasteiger charge is -2.46. The van der Waals surface area contributed by atoms with Crippen molar-refractivity contribution in [2.45, 2.75) is 57.7 Å². The first-order valence-corrected chi connectivity index (χ1v) is 9.73. The van der Waals surface area contributed by atoms with Crippen LogP contribution in [-0.4, -0.2) is 90.5 Å². The second-order valence-corrected chi connectivity index (χ2v) is 7.53. The summed E-state index contributed by atoms with van der Waals surface area (Å²) < 4.78 is 0. The molecule has 2 aliphatic heterocycles. The van der Waals surface area contributed by atoms with E-state index in [-0.39, 0.29) is 30.8 Å². The van der Waals surface area contributed by atoms with E-state index >= 15 is 0 Å². The lowest BCUT2D eigenvalue weighted by Crippen LogP contribution is -2.64. The Bertz CT molecular complexity index is 597. The van der Waals surface area contributed by atoms with Crippen LogP contribution in [0, 0.1) is 0 Å². The summed E-state index contributed by atoms with van der Waals surface area (Å²) in [6, 6.07) is 0.340. The lowest BCUT2D eigenvalue weighted by molar-refractivity contribution is -0.171. The van der Waals surface area contributed by atoms with E-state index in [1.165, 1.54) is 0 Å². The summed E-state index contributed by atoms with van der Waals surface area (Å²) in [5.41, 5.74) is 0. The van der Waals surface area contributed by atoms with Gasteiger partial charge >= 0.3 is 6.09 Å². The van der Waals surface area contributed by atoms with Gasteiger partial charge in [-0.1, -0.05) is 0 Å². The predicted octanol–water partition coefficient (Wildman–Crippen LogP) is -0.304. The minimum atomic E-state index is -0.831. The van der Waals surface area contributed by atoms with Crippen molar-refractivity contribution in [3.63, 3.8) is 0 Å². The summed E-state index contributed by atoms with van der Waals surface area (Å²) in [7, 11) is 4.01. The van der Waals surface area contributed by atoms with Gasteiger partial charge in [-0.25, -0.2) is 4.79 Å². The number of piperazine rings is 1. The first-order valence-electron chi connectivity index (χ1n) is 9.73. The highest BCUT2D eigenvalue weighted by molar-refractivity contribution is 6.01. The van der Waals surface area contributed by atoms with E-state index < -0.39 is 17.9 Å². The van der Waals surface area contributed by atoms with Gasteiger partial charge in [0.1, 0.15) is 6.04 Å². The van der Waals surface area contributed by atoms with Crippen LogP contribution in [0.2, 0.25) is 0 Å². The van der Waals surface area contributed by atoms with Crippen molar-refractivity contribution in [1.29, 1.82) is 0 Å². The van der Waals surface area contributed by atoms with E-state index in [2.05, 4.69) is 34.3 Å². The third-order valence-corrected chi connectivity index (χ3v) is 5.44. The molecule has 2 heterocycles. The summed E-state index contributed by atoms with van der Waals surface area (Å²) in [6.45, 7) is 5.88. The van der Waals surface area contributed by atoms with Gasteiger partial charge in [0.15, 0.2) is 0 Å². The van der Waals surface area contributed by atoms with E-state index in [9.17, 15) is 19.2 Å². The molecule has 0 aromatic heterocycles. The molecule has 2 rings (SSSR count). The summed E-state index contributed by atoms with van der Waals surface area (Å²) >= 11 is 0. The highest BCUT2D eigenvalue weighted by Gasteiger charge is 2.38. The maximum absolute atomic E-state index is 12.5. The van der Waals surface area contributed by atoms with Crippen LogP contribution in [0.25, 0.3) is 0 Å². The Kier molecular flexibility index (Phi) is 7.76. The van der Waals surface area contributed by atoms with Crippen molar-refractivity contribution in [2.24, 2.45) is 0 Å². The van der Waals surface area contributed by atoms with Crippen LogP contribution in [0.15, 0.2) is 0 Å². The Labute approximate surface area is 165 Å². The zero-order valence-corrected chi connectivity index (χ0v) is 17.1. The van der Waals surface area contributed by atoms with Gasteiger partial charge in [-0.05, 0) is 40.8 Å². The number of nitrogens with zero attached hydrogens (tertiary/aromatic N) is 3. The number of hydrogen-bond donors (Lipinski definition) is 2. The summed E-state index contributed by atoms with van der Waals surface area (Å²) in [5, 5.41) is 5.96. The molecule has 0 aromatic rings. The van der Waals surface area contributed by atoms with E-state index in [4.69, 9.17) is 4.84 Å². The van der Waals surface area contributed by atoms with E-state index in [1.807, 2.05) is 14.1 Å².